The standard InChI is InChI=1S/C8H16N2O2/c1-8(2)5-10(6-8)7(12)9-3-4-11/h11H,3-6H2,1-2H3,(H,9,12). The summed E-state index contributed by atoms with van der Waals surface area (Å²) < 4.78 is 0. The average molecular weight is 172 g/mol. The third-order valence-electron chi connectivity index (χ3n) is 1.91. The van der Waals surface area contributed by atoms with Crippen LogP contribution in [0, 0.1) is 5.41 Å². The molecule has 1 rings (SSSR count). The van der Waals surface area contributed by atoms with Crippen molar-refractivity contribution in [3.8, 4) is 0 Å². The first-order valence-electron chi connectivity index (χ1n) is 4.19. The van der Waals surface area contributed by atoms with Crippen LogP contribution in [0.1, 0.15) is 13.8 Å². The van der Waals surface area contributed by atoms with Gasteiger partial charge in [-0.25, -0.2) is 4.79 Å². The van der Waals surface area contributed by atoms with E-state index in [1.807, 2.05) is 0 Å². The van der Waals surface area contributed by atoms with E-state index in [-0.39, 0.29) is 18.1 Å². The summed E-state index contributed by atoms with van der Waals surface area (Å²) in [5.41, 5.74) is 0.274. The summed E-state index contributed by atoms with van der Waals surface area (Å²) in [5, 5.41) is 11.1. The SMILES string of the molecule is CC1(C)CN(C(=O)NCCO)C1. The highest BCUT2D eigenvalue weighted by Gasteiger charge is 2.36. The second-order valence-electron chi connectivity index (χ2n) is 3.98. The molecule has 0 radical (unpaired) electrons. The number of hydrogen-bond acceptors (Lipinski definition) is 2. The minimum Gasteiger partial charge on any atom is -0.395 e. The molecule has 0 unspecified atom stereocenters. The molecule has 12 heavy (non-hydrogen) atoms. The molecule has 1 aliphatic heterocycles. The fourth-order valence-corrected chi connectivity index (χ4v) is 1.41. The van der Waals surface area contributed by atoms with Gasteiger partial charge in [-0.15, -0.1) is 0 Å². The Morgan fingerprint density at radius 1 is 1.58 bits per heavy atom. The van der Waals surface area contributed by atoms with E-state index in [0.29, 0.717) is 6.54 Å². The van der Waals surface area contributed by atoms with Crippen LogP contribution in [0.25, 0.3) is 0 Å². The van der Waals surface area contributed by atoms with Crippen LogP contribution in [-0.4, -0.2) is 42.3 Å². The summed E-state index contributed by atoms with van der Waals surface area (Å²) in [6.45, 7) is 6.22. The van der Waals surface area contributed by atoms with E-state index in [2.05, 4.69) is 19.2 Å². The van der Waals surface area contributed by atoms with Crippen LogP contribution in [0.15, 0.2) is 0 Å². The molecule has 0 spiro atoms. The highest BCUT2D eigenvalue weighted by molar-refractivity contribution is 5.75. The minimum absolute atomic E-state index is 0.00295. The number of rotatable bonds is 2. The van der Waals surface area contributed by atoms with Gasteiger partial charge in [-0.05, 0) is 0 Å². The third kappa shape index (κ3) is 2.11. The lowest BCUT2D eigenvalue weighted by molar-refractivity contribution is 0.0612. The lowest BCUT2D eigenvalue weighted by atomic mass is 9.85. The van der Waals surface area contributed by atoms with E-state index in [1.165, 1.54) is 0 Å². The molecule has 0 aromatic carbocycles. The topological polar surface area (TPSA) is 52.6 Å². The molecule has 4 nitrogen and oxygen atoms in total. The highest BCUT2D eigenvalue weighted by atomic mass is 16.3. The van der Waals surface area contributed by atoms with Crippen LogP contribution in [0.4, 0.5) is 4.79 Å². The molecule has 1 heterocycles. The molecule has 0 aromatic rings. The summed E-state index contributed by atoms with van der Waals surface area (Å²) in [4.78, 5) is 12.9. The van der Waals surface area contributed by atoms with Crippen molar-refractivity contribution in [1.29, 1.82) is 0 Å². The summed E-state index contributed by atoms with van der Waals surface area (Å²) in [7, 11) is 0. The second kappa shape index (κ2) is 3.31. The van der Waals surface area contributed by atoms with E-state index in [4.69, 9.17) is 5.11 Å². The number of hydrogen-bond donors (Lipinski definition) is 2. The zero-order chi connectivity index (χ0) is 9.19. The lowest BCUT2D eigenvalue weighted by Crippen LogP contribution is -2.58. The monoisotopic (exact) mass is 172 g/mol. The number of carbonyl (C=O) groups is 1. The van der Waals surface area contributed by atoms with Gasteiger partial charge in [-0.2, -0.15) is 0 Å². The minimum atomic E-state index is -0.0663. The Morgan fingerprint density at radius 2 is 2.17 bits per heavy atom. The quantitative estimate of drug-likeness (QED) is 0.617. The van der Waals surface area contributed by atoms with Crippen molar-refractivity contribution in [3.63, 3.8) is 0 Å². The number of aliphatic hydroxyl groups is 1. The molecule has 0 aliphatic carbocycles. The van der Waals surface area contributed by atoms with Gasteiger partial charge in [0.2, 0.25) is 0 Å². The van der Waals surface area contributed by atoms with Crippen molar-refractivity contribution in [3.05, 3.63) is 0 Å². The first-order valence-corrected chi connectivity index (χ1v) is 4.19. The van der Waals surface area contributed by atoms with Crippen molar-refractivity contribution in [2.24, 2.45) is 5.41 Å². The largest absolute Gasteiger partial charge is 0.395 e. The van der Waals surface area contributed by atoms with Crippen LogP contribution in [-0.2, 0) is 0 Å². The van der Waals surface area contributed by atoms with Crippen LogP contribution in [0.2, 0.25) is 0 Å². The van der Waals surface area contributed by atoms with Crippen LogP contribution >= 0.6 is 0 Å². The number of nitrogens with zero attached hydrogens (tertiary/aromatic N) is 1. The van der Waals surface area contributed by atoms with E-state index in [1.54, 1.807) is 4.90 Å². The molecule has 1 saturated heterocycles. The first-order chi connectivity index (χ1) is 5.55. The van der Waals surface area contributed by atoms with E-state index in [0.717, 1.165) is 13.1 Å². The van der Waals surface area contributed by atoms with Gasteiger partial charge in [0.15, 0.2) is 0 Å². The molecule has 2 N–H and O–H groups in total. The highest BCUT2D eigenvalue weighted by Crippen LogP contribution is 2.28. The predicted octanol–water partition coefficient (Wildman–Crippen LogP) is 0.0301. The lowest BCUT2D eigenvalue weighted by Gasteiger charge is -2.45. The van der Waals surface area contributed by atoms with Crippen molar-refractivity contribution in [2.45, 2.75) is 13.8 Å². The van der Waals surface area contributed by atoms with Crippen molar-refractivity contribution < 1.29 is 9.90 Å². The molecular weight excluding hydrogens is 156 g/mol. The van der Waals surface area contributed by atoms with Gasteiger partial charge in [-0.3, -0.25) is 0 Å². The van der Waals surface area contributed by atoms with Gasteiger partial charge in [-0.1, -0.05) is 13.8 Å². The van der Waals surface area contributed by atoms with Crippen molar-refractivity contribution in [2.75, 3.05) is 26.2 Å². The van der Waals surface area contributed by atoms with Gasteiger partial charge in [0.05, 0.1) is 6.61 Å². The fraction of sp³-hybridized carbons (Fsp3) is 0.875. The van der Waals surface area contributed by atoms with Crippen LogP contribution < -0.4 is 5.32 Å². The fourth-order valence-electron chi connectivity index (χ4n) is 1.41. The zero-order valence-corrected chi connectivity index (χ0v) is 7.63. The summed E-state index contributed by atoms with van der Waals surface area (Å²) in [5.74, 6) is 0. The molecule has 1 fully saturated rings. The molecule has 0 bridgehead atoms. The smallest absolute Gasteiger partial charge is 0.317 e. The Hall–Kier alpha value is -0.770. The number of urea groups is 1. The van der Waals surface area contributed by atoms with Crippen molar-refractivity contribution >= 4 is 6.03 Å². The summed E-state index contributed by atoms with van der Waals surface area (Å²) in [6.07, 6.45) is 0. The Kier molecular flexibility index (Phi) is 2.57. The Labute approximate surface area is 72.6 Å². The molecule has 70 valence electrons. The maximum atomic E-state index is 11.2. The molecule has 0 atom stereocenters. The Balaban J connectivity index is 2.19. The van der Waals surface area contributed by atoms with E-state index in [9.17, 15) is 4.79 Å². The third-order valence-corrected chi connectivity index (χ3v) is 1.91. The number of nitrogens with one attached hydrogen (secondary N) is 1. The first kappa shape index (κ1) is 9.32. The molecule has 1 aliphatic rings. The number of amides is 2. The normalized spacial score (nSPS) is 20.1. The van der Waals surface area contributed by atoms with Crippen LogP contribution in [0.5, 0.6) is 0 Å². The second-order valence-corrected chi connectivity index (χ2v) is 3.98. The van der Waals surface area contributed by atoms with E-state index < -0.39 is 0 Å². The maximum absolute atomic E-state index is 11.2. The number of likely N-dealkylation sites (tertiary alicyclic amines) is 1. The molecule has 0 saturated carbocycles. The van der Waals surface area contributed by atoms with Crippen molar-refractivity contribution in [1.82, 2.24) is 10.2 Å². The number of carbonyl (C=O) groups excluding carboxylic acids is 1. The van der Waals surface area contributed by atoms with Crippen LogP contribution in [0.3, 0.4) is 0 Å². The average Bonchev–Trinajstić information content (AvgIpc) is 1.95. The Bertz CT molecular complexity index is 172. The Morgan fingerprint density at radius 3 is 2.58 bits per heavy atom. The van der Waals surface area contributed by atoms with Gasteiger partial charge in [0.1, 0.15) is 0 Å². The van der Waals surface area contributed by atoms with Gasteiger partial charge in [0, 0.05) is 25.0 Å². The zero-order valence-electron chi connectivity index (χ0n) is 7.63. The molecule has 4 heteroatoms. The molecular formula is C8H16N2O2. The number of aliphatic hydroxyl groups excluding tert-OH is 1. The summed E-state index contributed by atoms with van der Waals surface area (Å²) >= 11 is 0. The maximum Gasteiger partial charge on any atom is 0.317 e. The van der Waals surface area contributed by atoms with E-state index >= 15 is 0 Å². The van der Waals surface area contributed by atoms with Gasteiger partial charge < -0.3 is 15.3 Å². The molecule has 2 amide bonds. The summed E-state index contributed by atoms with van der Waals surface area (Å²) in [6, 6.07) is -0.0663. The molecule has 0 aromatic heterocycles. The predicted molar refractivity (Wildman–Crippen MR) is 45.8 cm³/mol. The van der Waals surface area contributed by atoms with Gasteiger partial charge >= 0.3 is 6.03 Å². The van der Waals surface area contributed by atoms with Gasteiger partial charge in [0.25, 0.3) is 0 Å².